The highest BCUT2D eigenvalue weighted by molar-refractivity contribution is 5.74. The summed E-state index contributed by atoms with van der Waals surface area (Å²) in [4.78, 5) is 11.8. The number of rotatable bonds is 5. The summed E-state index contributed by atoms with van der Waals surface area (Å²) >= 11 is 0. The Morgan fingerprint density at radius 1 is 1.41 bits per heavy atom. The minimum Gasteiger partial charge on any atom is -0.494 e. The van der Waals surface area contributed by atoms with Crippen molar-refractivity contribution in [2.24, 2.45) is 5.41 Å². The van der Waals surface area contributed by atoms with Crippen LogP contribution in [0.25, 0.3) is 0 Å². The molecule has 0 fully saturated rings. The molecule has 1 rings (SSSR count). The fourth-order valence-corrected chi connectivity index (χ4v) is 1.78. The van der Waals surface area contributed by atoms with Gasteiger partial charge in [0.15, 0.2) is 11.6 Å². The zero-order chi connectivity index (χ0) is 16.9. The van der Waals surface area contributed by atoms with E-state index in [4.69, 9.17) is 4.74 Å². The molecular weight excluding hydrogens is 287 g/mol. The van der Waals surface area contributed by atoms with Gasteiger partial charge in [-0.25, -0.2) is 9.18 Å². The number of hydrogen-bond acceptors (Lipinski definition) is 3. The summed E-state index contributed by atoms with van der Waals surface area (Å²) in [7, 11) is 1.40. The van der Waals surface area contributed by atoms with Crippen molar-refractivity contribution in [3.8, 4) is 5.75 Å². The Labute approximate surface area is 130 Å². The molecule has 124 valence electrons. The quantitative estimate of drug-likeness (QED) is 0.782. The summed E-state index contributed by atoms with van der Waals surface area (Å²) in [5.41, 5.74) is 0.322. The number of methoxy groups -OCH3 is 1. The number of hydrogen-bond donors (Lipinski definition) is 3. The van der Waals surface area contributed by atoms with Crippen LogP contribution >= 0.6 is 0 Å². The van der Waals surface area contributed by atoms with Crippen LogP contribution in [0.15, 0.2) is 18.2 Å². The predicted molar refractivity (Wildman–Crippen MR) is 83.4 cm³/mol. The maximum atomic E-state index is 13.6. The number of carbonyl (C=O) groups excluding carboxylic acids is 1. The number of aliphatic hydroxyl groups excluding tert-OH is 1. The molecule has 0 aliphatic heterocycles. The van der Waals surface area contributed by atoms with E-state index in [0.29, 0.717) is 5.56 Å². The van der Waals surface area contributed by atoms with Crippen molar-refractivity contribution in [1.29, 1.82) is 0 Å². The lowest BCUT2D eigenvalue weighted by Gasteiger charge is -2.26. The molecule has 1 aromatic rings. The topological polar surface area (TPSA) is 70.6 Å². The highest BCUT2D eigenvalue weighted by atomic mass is 19.1. The number of urea groups is 1. The molecule has 0 aliphatic rings. The Hall–Kier alpha value is -1.82. The van der Waals surface area contributed by atoms with Crippen LogP contribution in [0.3, 0.4) is 0 Å². The van der Waals surface area contributed by atoms with Crippen molar-refractivity contribution in [1.82, 2.24) is 10.6 Å². The van der Waals surface area contributed by atoms with Crippen LogP contribution in [0.2, 0.25) is 0 Å². The number of amides is 2. The SMILES string of the molecule is COc1ccc(C(C)NC(=O)NCC(O)C(C)(C)C)cc1F. The van der Waals surface area contributed by atoms with Gasteiger partial charge in [-0.2, -0.15) is 0 Å². The molecule has 0 spiro atoms. The molecule has 2 amide bonds. The lowest BCUT2D eigenvalue weighted by Crippen LogP contribution is -2.44. The number of ether oxygens (including phenoxy) is 1. The van der Waals surface area contributed by atoms with E-state index in [1.165, 1.54) is 19.2 Å². The van der Waals surface area contributed by atoms with Gasteiger partial charge in [0, 0.05) is 6.54 Å². The molecule has 5 nitrogen and oxygen atoms in total. The Bertz CT molecular complexity index is 515. The lowest BCUT2D eigenvalue weighted by atomic mass is 9.89. The molecule has 2 unspecified atom stereocenters. The van der Waals surface area contributed by atoms with Gasteiger partial charge in [-0.15, -0.1) is 0 Å². The normalized spacial score (nSPS) is 14.1. The molecule has 0 saturated heterocycles. The Morgan fingerprint density at radius 3 is 2.55 bits per heavy atom. The van der Waals surface area contributed by atoms with E-state index in [0.717, 1.165) is 0 Å². The Balaban J connectivity index is 2.56. The first-order valence-electron chi connectivity index (χ1n) is 7.21. The van der Waals surface area contributed by atoms with Crippen LogP contribution in [0.4, 0.5) is 9.18 Å². The minimum absolute atomic E-state index is 0.152. The number of benzene rings is 1. The molecule has 6 heteroatoms. The van der Waals surface area contributed by atoms with E-state index in [9.17, 15) is 14.3 Å². The monoisotopic (exact) mass is 312 g/mol. The molecule has 0 aliphatic carbocycles. The van der Waals surface area contributed by atoms with E-state index in [-0.39, 0.29) is 23.8 Å². The molecule has 1 aromatic carbocycles. The molecule has 22 heavy (non-hydrogen) atoms. The zero-order valence-corrected chi connectivity index (χ0v) is 13.7. The van der Waals surface area contributed by atoms with Crippen LogP contribution < -0.4 is 15.4 Å². The van der Waals surface area contributed by atoms with Crippen LogP contribution in [0.1, 0.15) is 39.3 Å². The number of aliphatic hydroxyl groups is 1. The molecule has 0 aromatic heterocycles. The fourth-order valence-electron chi connectivity index (χ4n) is 1.78. The van der Waals surface area contributed by atoms with Crippen molar-refractivity contribution in [3.63, 3.8) is 0 Å². The largest absolute Gasteiger partial charge is 0.494 e. The van der Waals surface area contributed by atoms with Gasteiger partial charge in [0.1, 0.15) is 0 Å². The van der Waals surface area contributed by atoms with Crippen LogP contribution in [-0.2, 0) is 0 Å². The highest BCUT2D eigenvalue weighted by Gasteiger charge is 2.22. The van der Waals surface area contributed by atoms with Crippen LogP contribution in [0.5, 0.6) is 5.75 Å². The third-order valence-corrected chi connectivity index (χ3v) is 3.48. The second-order valence-electron chi connectivity index (χ2n) is 6.35. The van der Waals surface area contributed by atoms with Gasteiger partial charge in [0.05, 0.1) is 19.3 Å². The van der Waals surface area contributed by atoms with E-state index < -0.39 is 18.0 Å². The number of carbonyl (C=O) groups is 1. The van der Waals surface area contributed by atoms with Gasteiger partial charge in [0.25, 0.3) is 0 Å². The van der Waals surface area contributed by atoms with Gasteiger partial charge in [0.2, 0.25) is 0 Å². The van der Waals surface area contributed by atoms with Crippen molar-refractivity contribution < 1.29 is 19.0 Å². The smallest absolute Gasteiger partial charge is 0.315 e. The summed E-state index contributed by atoms with van der Waals surface area (Å²) in [5.74, 6) is -0.314. The summed E-state index contributed by atoms with van der Waals surface area (Å²) in [6.07, 6.45) is -0.646. The second kappa shape index (κ2) is 7.45. The Morgan fingerprint density at radius 2 is 2.05 bits per heavy atom. The number of nitrogens with one attached hydrogen (secondary N) is 2. The maximum Gasteiger partial charge on any atom is 0.315 e. The summed E-state index contributed by atoms with van der Waals surface area (Å²) in [6, 6.07) is 3.76. The van der Waals surface area contributed by atoms with E-state index in [1.54, 1.807) is 13.0 Å². The average Bonchev–Trinajstić information content (AvgIpc) is 2.43. The molecule has 0 heterocycles. The van der Waals surface area contributed by atoms with Crippen molar-refractivity contribution in [3.05, 3.63) is 29.6 Å². The molecule has 0 bridgehead atoms. The molecule has 0 saturated carbocycles. The van der Waals surface area contributed by atoms with Crippen molar-refractivity contribution >= 4 is 6.03 Å². The van der Waals surface area contributed by atoms with Gasteiger partial charge in [-0.3, -0.25) is 0 Å². The lowest BCUT2D eigenvalue weighted by molar-refractivity contribution is 0.0649. The maximum absolute atomic E-state index is 13.6. The minimum atomic E-state index is -0.646. The second-order valence-corrected chi connectivity index (χ2v) is 6.35. The third-order valence-electron chi connectivity index (χ3n) is 3.48. The van der Waals surface area contributed by atoms with Gasteiger partial charge >= 0.3 is 6.03 Å². The predicted octanol–water partition coefficient (Wildman–Crippen LogP) is 2.60. The van der Waals surface area contributed by atoms with Gasteiger partial charge < -0.3 is 20.5 Å². The summed E-state index contributed by atoms with van der Waals surface area (Å²) in [6.45, 7) is 7.57. The first-order chi connectivity index (χ1) is 10.1. The standard InChI is InChI=1S/C16H25FN2O3/c1-10(11-6-7-13(22-5)12(17)8-11)19-15(21)18-9-14(20)16(2,3)4/h6-8,10,14,20H,9H2,1-5H3,(H2,18,19,21). The van der Waals surface area contributed by atoms with E-state index in [1.807, 2.05) is 20.8 Å². The van der Waals surface area contributed by atoms with Crippen LogP contribution in [-0.4, -0.2) is 30.9 Å². The van der Waals surface area contributed by atoms with Crippen molar-refractivity contribution in [2.45, 2.75) is 39.8 Å². The molecule has 0 radical (unpaired) electrons. The van der Waals surface area contributed by atoms with E-state index in [2.05, 4.69) is 10.6 Å². The van der Waals surface area contributed by atoms with E-state index >= 15 is 0 Å². The fraction of sp³-hybridized carbons (Fsp3) is 0.562. The highest BCUT2D eigenvalue weighted by Crippen LogP contribution is 2.21. The molecule has 2 atom stereocenters. The van der Waals surface area contributed by atoms with Crippen LogP contribution in [0, 0.1) is 11.2 Å². The first-order valence-corrected chi connectivity index (χ1v) is 7.21. The zero-order valence-electron chi connectivity index (χ0n) is 13.7. The van der Waals surface area contributed by atoms with Gasteiger partial charge in [-0.1, -0.05) is 26.8 Å². The first kappa shape index (κ1) is 18.2. The van der Waals surface area contributed by atoms with Gasteiger partial charge in [-0.05, 0) is 30.0 Å². The molecule has 3 N–H and O–H groups in total. The average molecular weight is 312 g/mol. The Kier molecular flexibility index (Phi) is 6.17. The summed E-state index contributed by atoms with van der Waals surface area (Å²) < 4.78 is 18.5. The third kappa shape index (κ3) is 5.18. The van der Waals surface area contributed by atoms with Crippen molar-refractivity contribution in [2.75, 3.05) is 13.7 Å². The molecular formula is C16H25FN2O3. The number of halogens is 1. The summed E-state index contributed by atoms with van der Waals surface area (Å²) in [5, 5.41) is 15.2.